The van der Waals surface area contributed by atoms with E-state index in [1.165, 1.54) is 34.7 Å². The van der Waals surface area contributed by atoms with Gasteiger partial charge in [0.15, 0.2) is 0 Å². The first-order valence-corrected chi connectivity index (χ1v) is 21.0. The summed E-state index contributed by atoms with van der Waals surface area (Å²) in [5.41, 5.74) is 5.38. The van der Waals surface area contributed by atoms with Crippen LogP contribution in [0.2, 0.25) is 0 Å². The fourth-order valence-electron chi connectivity index (χ4n) is 7.98. The van der Waals surface area contributed by atoms with Crippen molar-refractivity contribution < 1.29 is 28.7 Å². The highest BCUT2D eigenvalue weighted by Gasteiger charge is 2.40. The van der Waals surface area contributed by atoms with Gasteiger partial charge >= 0.3 is 12.2 Å². The fourth-order valence-corrected chi connectivity index (χ4v) is 10.5. The number of hydrogen-bond donors (Lipinski definition) is 4. The Labute approximate surface area is 334 Å². The second-order valence-corrected chi connectivity index (χ2v) is 17.0. The Morgan fingerprint density at radius 2 is 1.38 bits per heavy atom. The number of fused-ring (bicyclic) bond motifs is 1. The lowest BCUT2D eigenvalue weighted by Crippen LogP contribution is -2.54. The minimum absolute atomic E-state index is 0.0142. The van der Waals surface area contributed by atoms with Crippen molar-refractivity contribution >= 4 is 61.9 Å². The summed E-state index contributed by atoms with van der Waals surface area (Å²) in [6.07, 6.45) is 3.92. The van der Waals surface area contributed by atoms with E-state index in [1.807, 2.05) is 43.7 Å². The van der Waals surface area contributed by atoms with Crippen LogP contribution in [0.4, 0.5) is 9.59 Å². The molecular weight excluding hydrogens is 753 g/mol. The van der Waals surface area contributed by atoms with Crippen molar-refractivity contribution in [1.82, 2.24) is 35.7 Å². The molecule has 1 aromatic carbocycles. The number of alkyl carbamates (subject to hydrolysis) is 2. The van der Waals surface area contributed by atoms with Gasteiger partial charge in [0.2, 0.25) is 11.8 Å². The first-order valence-electron chi connectivity index (χ1n) is 19.2. The number of ether oxygens (including phenoxy) is 2. The number of benzene rings is 1. The minimum atomic E-state index is -0.685. The molecule has 3 aliphatic heterocycles. The van der Waals surface area contributed by atoms with E-state index in [0.717, 1.165) is 54.2 Å². The third-order valence-corrected chi connectivity index (χ3v) is 13.2. The molecule has 0 radical (unpaired) electrons. The van der Waals surface area contributed by atoms with Gasteiger partial charge in [-0.2, -0.15) is 0 Å². The maximum atomic E-state index is 13.6. The number of carbonyl (C=O) groups excluding carboxylic acids is 4. The van der Waals surface area contributed by atoms with Gasteiger partial charge in [0.25, 0.3) is 0 Å². The van der Waals surface area contributed by atoms with E-state index in [4.69, 9.17) is 19.5 Å². The molecule has 3 aromatic heterocycles. The Hall–Kier alpha value is -4.96. The second-order valence-electron chi connectivity index (χ2n) is 15.3. The van der Waals surface area contributed by atoms with Gasteiger partial charge in [-0.15, -0.1) is 22.7 Å². The van der Waals surface area contributed by atoms with Gasteiger partial charge in [-0.05, 0) is 54.0 Å². The average molecular weight is 803 g/mol. The number of amides is 4. The lowest BCUT2D eigenvalue weighted by atomic mass is 10.0. The number of thiophene rings is 2. The van der Waals surface area contributed by atoms with Crippen molar-refractivity contribution in [1.29, 1.82) is 0 Å². The molecule has 2 fully saturated rings. The highest BCUT2D eigenvalue weighted by Crippen LogP contribution is 2.43. The number of hydrogen-bond acceptors (Lipinski definition) is 11. The predicted octanol–water partition coefficient (Wildman–Crippen LogP) is 6.48. The van der Waals surface area contributed by atoms with Crippen molar-refractivity contribution in [2.24, 2.45) is 16.8 Å². The van der Waals surface area contributed by atoms with Gasteiger partial charge in [0, 0.05) is 29.6 Å². The van der Waals surface area contributed by atoms with Crippen LogP contribution in [0.5, 0.6) is 0 Å². The molecule has 3 unspecified atom stereocenters. The van der Waals surface area contributed by atoms with Gasteiger partial charge < -0.3 is 40.2 Å². The molecule has 0 saturated carbocycles. The van der Waals surface area contributed by atoms with Crippen LogP contribution in [-0.4, -0.2) is 102 Å². The van der Waals surface area contributed by atoms with Crippen molar-refractivity contribution in [2.75, 3.05) is 33.9 Å². The van der Waals surface area contributed by atoms with E-state index >= 15 is 0 Å². The lowest BCUT2D eigenvalue weighted by molar-refractivity contribution is -0.135. The maximum Gasteiger partial charge on any atom is 0.407 e. The van der Waals surface area contributed by atoms with E-state index in [2.05, 4.69) is 56.0 Å². The molecule has 0 aliphatic carbocycles. The van der Waals surface area contributed by atoms with Crippen molar-refractivity contribution in [3.63, 3.8) is 0 Å². The molecule has 4 aromatic rings. The number of H-pyrrole nitrogens is 1. The summed E-state index contributed by atoms with van der Waals surface area (Å²) >= 11 is 3.47. The van der Waals surface area contributed by atoms with E-state index in [0.29, 0.717) is 19.6 Å². The number of imidazole rings is 1. The molecule has 2 saturated heterocycles. The van der Waals surface area contributed by atoms with Gasteiger partial charge in [-0.3, -0.25) is 14.6 Å². The van der Waals surface area contributed by atoms with Crippen LogP contribution in [0, 0.1) is 11.8 Å². The fraction of sp³-hybridized carbons (Fsp3) is 0.500. The molecule has 4 amide bonds. The van der Waals surface area contributed by atoms with Gasteiger partial charge in [0.1, 0.15) is 23.7 Å². The van der Waals surface area contributed by atoms with E-state index in [-0.39, 0.29) is 41.8 Å². The third kappa shape index (κ3) is 7.73. The Morgan fingerprint density at radius 3 is 1.98 bits per heavy atom. The van der Waals surface area contributed by atoms with Crippen LogP contribution in [-0.2, 0) is 19.1 Å². The Morgan fingerprint density at radius 1 is 0.804 bits per heavy atom. The summed E-state index contributed by atoms with van der Waals surface area (Å²) in [6.45, 7) is 9.46. The Balaban J connectivity index is 1.01. The zero-order valence-electron chi connectivity index (χ0n) is 32.6. The lowest BCUT2D eigenvalue weighted by Gasteiger charge is -2.31. The highest BCUT2D eigenvalue weighted by atomic mass is 32.1. The SMILES string of the molecule is COC(=O)N[C@H](C(=O)N1CCCC1C1=NCC(c2csc3c(-c4ccc(-c5cnc(C6CCCN6C(=O)[C@@H](NC(=O)OC)C(C)C)[nH]5)cc4)csc23)N1)C(C)C. The standard InChI is InChI=1S/C40H50N8O6S2/c1-21(2)31(45-39(51)53-5)37(49)47-15-7-9-29(47)35-41-17-27(43-35)24-13-11-23(12-14-24)25-19-55-34-26(20-56-33(25)34)28-18-42-36(44-28)30-10-8-16-48(30)38(50)32(22(3)4)46-40(52)54-6/h11-14,17,19-22,28-32H,7-10,15-16,18H2,1-6H3,(H,41,43)(H,42,44)(H,45,51)(H,46,52)/t28?,29?,30?,31-,32-/m0/s1. The first-order chi connectivity index (χ1) is 27.0. The molecule has 14 nitrogen and oxygen atoms in total. The molecule has 0 spiro atoms. The van der Waals surface area contributed by atoms with Crippen molar-refractivity contribution in [3.05, 3.63) is 52.6 Å². The molecule has 5 atom stereocenters. The summed E-state index contributed by atoms with van der Waals surface area (Å²) in [4.78, 5) is 67.9. The molecule has 298 valence electrons. The van der Waals surface area contributed by atoms with E-state index in [1.54, 1.807) is 22.7 Å². The molecule has 6 heterocycles. The first kappa shape index (κ1) is 39.3. The number of carbonyl (C=O) groups is 4. The minimum Gasteiger partial charge on any atom is -0.453 e. The average Bonchev–Trinajstić information content (AvgIpc) is 4.04. The number of amidine groups is 1. The predicted molar refractivity (Wildman–Crippen MR) is 218 cm³/mol. The smallest absolute Gasteiger partial charge is 0.407 e. The van der Waals surface area contributed by atoms with Crippen molar-refractivity contribution in [3.8, 4) is 22.4 Å². The molecule has 0 bridgehead atoms. The van der Waals surface area contributed by atoms with Crippen LogP contribution in [0.25, 0.3) is 31.8 Å². The molecule has 56 heavy (non-hydrogen) atoms. The monoisotopic (exact) mass is 802 g/mol. The number of rotatable bonds is 11. The summed E-state index contributed by atoms with van der Waals surface area (Å²) in [5.74, 6) is 1.12. The quantitative estimate of drug-likeness (QED) is 0.134. The summed E-state index contributed by atoms with van der Waals surface area (Å²) in [5, 5.41) is 13.5. The number of aliphatic imine (C=N–C) groups is 1. The van der Waals surface area contributed by atoms with Crippen molar-refractivity contribution in [2.45, 2.75) is 83.6 Å². The summed E-state index contributed by atoms with van der Waals surface area (Å²) < 4.78 is 12.0. The molecule has 4 N–H and O–H groups in total. The highest BCUT2D eigenvalue weighted by molar-refractivity contribution is 7.27. The third-order valence-electron chi connectivity index (χ3n) is 11.0. The van der Waals surface area contributed by atoms with E-state index < -0.39 is 24.3 Å². The maximum absolute atomic E-state index is 13.6. The van der Waals surface area contributed by atoms with Gasteiger partial charge in [-0.25, -0.2) is 14.6 Å². The van der Waals surface area contributed by atoms with Crippen LogP contribution in [0.1, 0.15) is 76.8 Å². The van der Waals surface area contributed by atoms with Gasteiger partial charge in [0.05, 0.1) is 60.2 Å². The van der Waals surface area contributed by atoms with Gasteiger partial charge in [-0.1, -0.05) is 52.0 Å². The topological polar surface area (TPSA) is 170 Å². The number of likely N-dealkylation sites (tertiary alicyclic amines) is 2. The van der Waals surface area contributed by atoms with E-state index in [9.17, 15) is 19.2 Å². The number of aromatic amines is 1. The Bertz CT molecular complexity index is 2110. The number of nitrogens with one attached hydrogen (secondary N) is 4. The van der Waals surface area contributed by atoms with Crippen LogP contribution >= 0.6 is 22.7 Å². The second kappa shape index (κ2) is 16.6. The Kier molecular flexibility index (Phi) is 11.7. The number of aromatic nitrogens is 2. The molecule has 7 rings (SSSR count). The summed E-state index contributed by atoms with van der Waals surface area (Å²) in [7, 11) is 2.59. The normalized spacial score (nSPS) is 20.6. The van der Waals surface area contributed by atoms with Crippen LogP contribution in [0.3, 0.4) is 0 Å². The molecular formula is C40H50N8O6S2. The van der Waals surface area contributed by atoms with Crippen LogP contribution < -0.4 is 16.0 Å². The zero-order chi connectivity index (χ0) is 39.7. The number of methoxy groups -OCH3 is 2. The largest absolute Gasteiger partial charge is 0.453 e. The summed E-state index contributed by atoms with van der Waals surface area (Å²) in [6, 6.07) is 6.75. The van der Waals surface area contributed by atoms with Crippen LogP contribution in [0.15, 0.2) is 46.2 Å². The zero-order valence-corrected chi connectivity index (χ0v) is 34.2. The molecule has 16 heteroatoms. The number of nitrogens with zero attached hydrogens (tertiary/aromatic N) is 4. The molecule has 3 aliphatic rings.